The fourth-order valence-corrected chi connectivity index (χ4v) is 2.02. The number of hydrogen-bond acceptors (Lipinski definition) is 4. The van der Waals surface area contributed by atoms with Crippen molar-refractivity contribution in [1.29, 1.82) is 0 Å². The lowest BCUT2D eigenvalue weighted by atomic mass is 10.1. The van der Waals surface area contributed by atoms with Gasteiger partial charge in [0, 0.05) is 16.8 Å². The molecule has 1 amide bonds. The number of hydrogen-bond donors (Lipinski definition) is 1. The second-order valence-electron chi connectivity index (χ2n) is 4.59. The van der Waals surface area contributed by atoms with Crippen LogP contribution in [0.3, 0.4) is 0 Å². The maximum Gasteiger partial charge on any atom is 0.255 e. The number of amides is 1. The maximum atomic E-state index is 12.1. The molecule has 0 spiro atoms. The zero-order valence-electron chi connectivity index (χ0n) is 11.4. The van der Waals surface area contributed by atoms with Crippen molar-refractivity contribution in [3.8, 4) is 11.5 Å². The van der Waals surface area contributed by atoms with Gasteiger partial charge in [-0.1, -0.05) is 18.2 Å². The largest absolute Gasteiger partial charge is 0.423 e. The van der Waals surface area contributed by atoms with Crippen molar-refractivity contribution in [2.24, 2.45) is 0 Å². The molecular formula is C16H13N3O2. The zero-order chi connectivity index (χ0) is 14.7. The fourth-order valence-electron chi connectivity index (χ4n) is 2.02. The lowest BCUT2D eigenvalue weighted by Crippen LogP contribution is -2.12. The summed E-state index contributed by atoms with van der Waals surface area (Å²) in [5.41, 5.74) is 3.13. The minimum absolute atomic E-state index is 0.135. The summed E-state index contributed by atoms with van der Waals surface area (Å²) in [5.74, 6) is 0.322. The predicted molar refractivity (Wildman–Crippen MR) is 78.9 cm³/mol. The first-order valence-corrected chi connectivity index (χ1v) is 6.47. The van der Waals surface area contributed by atoms with Crippen LogP contribution >= 0.6 is 0 Å². The highest BCUT2D eigenvalue weighted by atomic mass is 16.4. The van der Waals surface area contributed by atoms with Crippen LogP contribution in [0.1, 0.15) is 15.9 Å². The van der Waals surface area contributed by atoms with Gasteiger partial charge in [-0.05, 0) is 42.8 Å². The van der Waals surface area contributed by atoms with E-state index in [0.29, 0.717) is 11.5 Å². The summed E-state index contributed by atoms with van der Waals surface area (Å²) in [7, 11) is 0. The molecule has 0 atom stereocenters. The Balaban J connectivity index is 1.82. The standard InChI is InChI=1S/C16H13N3O2/c1-11-9-13(16-19-17-10-21-16)7-8-14(11)18-15(20)12-5-3-2-4-6-12/h2-10H,1H3,(H,18,20). The number of nitrogens with one attached hydrogen (secondary N) is 1. The van der Waals surface area contributed by atoms with Crippen molar-refractivity contribution in [2.75, 3.05) is 5.32 Å². The molecule has 0 bridgehead atoms. The third kappa shape index (κ3) is 2.81. The Morgan fingerprint density at radius 2 is 1.95 bits per heavy atom. The van der Waals surface area contributed by atoms with E-state index >= 15 is 0 Å². The minimum Gasteiger partial charge on any atom is -0.423 e. The van der Waals surface area contributed by atoms with Gasteiger partial charge in [0.25, 0.3) is 5.91 Å². The van der Waals surface area contributed by atoms with E-state index in [1.54, 1.807) is 12.1 Å². The second kappa shape index (κ2) is 5.58. The van der Waals surface area contributed by atoms with Gasteiger partial charge in [-0.3, -0.25) is 4.79 Å². The molecule has 0 saturated heterocycles. The van der Waals surface area contributed by atoms with Crippen molar-refractivity contribution in [3.63, 3.8) is 0 Å². The predicted octanol–water partition coefficient (Wildman–Crippen LogP) is 3.30. The molecule has 0 aliphatic heterocycles. The van der Waals surface area contributed by atoms with Gasteiger partial charge in [-0.15, -0.1) is 10.2 Å². The first kappa shape index (κ1) is 13.1. The van der Waals surface area contributed by atoms with Gasteiger partial charge in [-0.25, -0.2) is 0 Å². The molecule has 0 aliphatic carbocycles. The summed E-state index contributed by atoms with van der Waals surface area (Å²) in [4.78, 5) is 12.1. The molecule has 0 aliphatic rings. The highest BCUT2D eigenvalue weighted by Crippen LogP contribution is 2.23. The molecule has 0 unspecified atom stereocenters. The molecule has 3 rings (SSSR count). The van der Waals surface area contributed by atoms with Crippen molar-refractivity contribution < 1.29 is 9.21 Å². The van der Waals surface area contributed by atoms with Gasteiger partial charge in [0.2, 0.25) is 12.3 Å². The average Bonchev–Trinajstić information content (AvgIpc) is 3.04. The molecule has 0 saturated carbocycles. The van der Waals surface area contributed by atoms with Crippen LogP contribution in [0.5, 0.6) is 0 Å². The first-order chi connectivity index (χ1) is 10.2. The molecule has 1 aromatic heterocycles. The first-order valence-electron chi connectivity index (χ1n) is 6.47. The summed E-state index contributed by atoms with van der Waals surface area (Å²) in [5, 5.41) is 10.4. The second-order valence-corrected chi connectivity index (χ2v) is 4.59. The molecule has 21 heavy (non-hydrogen) atoms. The number of benzene rings is 2. The van der Waals surface area contributed by atoms with Crippen molar-refractivity contribution >= 4 is 11.6 Å². The van der Waals surface area contributed by atoms with Crippen LogP contribution in [0, 0.1) is 6.92 Å². The van der Waals surface area contributed by atoms with Crippen molar-refractivity contribution in [1.82, 2.24) is 10.2 Å². The smallest absolute Gasteiger partial charge is 0.255 e. The quantitative estimate of drug-likeness (QED) is 0.798. The molecule has 104 valence electrons. The number of carbonyl (C=O) groups excluding carboxylic acids is 1. The van der Waals surface area contributed by atoms with E-state index in [2.05, 4.69) is 15.5 Å². The molecule has 1 heterocycles. The molecule has 5 nitrogen and oxygen atoms in total. The Hall–Kier alpha value is -2.95. The van der Waals surface area contributed by atoms with E-state index in [0.717, 1.165) is 16.8 Å². The van der Waals surface area contributed by atoms with Crippen molar-refractivity contribution in [2.45, 2.75) is 6.92 Å². The van der Waals surface area contributed by atoms with E-state index in [9.17, 15) is 4.79 Å². The van der Waals surface area contributed by atoms with E-state index in [1.165, 1.54) is 6.39 Å². The molecule has 0 radical (unpaired) electrons. The number of nitrogens with zero attached hydrogens (tertiary/aromatic N) is 2. The minimum atomic E-state index is -0.135. The average molecular weight is 279 g/mol. The summed E-state index contributed by atoms with van der Waals surface area (Å²) >= 11 is 0. The van der Waals surface area contributed by atoms with Crippen molar-refractivity contribution in [3.05, 3.63) is 66.1 Å². The number of carbonyl (C=O) groups is 1. The van der Waals surface area contributed by atoms with Crippen LogP contribution in [-0.2, 0) is 0 Å². The summed E-state index contributed by atoms with van der Waals surface area (Å²) in [6.07, 6.45) is 1.29. The number of anilines is 1. The van der Waals surface area contributed by atoms with Gasteiger partial charge in [-0.2, -0.15) is 0 Å². The number of rotatable bonds is 3. The fraction of sp³-hybridized carbons (Fsp3) is 0.0625. The van der Waals surface area contributed by atoms with Crippen LogP contribution in [0.2, 0.25) is 0 Å². The van der Waals surface area contributed by atoms with Gasteiger partial charge in [0.1, 0.15) is 0 Å². The van der Waals surface area contributed by atoms with Gasteiger partial charge in [0.05, 0.1) is 0 Å². The lowest BCUT2D eigenvalue weighted by molar-refractivity contribution is 0.102. The summed E-state index contributed by atoms with van der Waals surface area (Å²) in [6.45, 7) is 1.92. The normalized spacial score (nSPS) is 10.3. The molecule has 5 heteroatoms. The number of aromatic nitrogens is 2. The molecule has 0 fully saturated rings. The van der Waals surface area contributed by atoms with E-state index < -0.39 is 0 Å². The van der Waals surface area contributed by atoms with E-state index in [-0.39, 0.29) is 5.91 Å². The van der Waals surface area contributed by atoms with Gasteiger partial charge in [0.15, 0.2) is 0 Å². The monoisotopic (exact) mass is 279 g/mol. The molecule has 2 aromatic carbocycles. The SMILES string of the molecule is Cc1cc(-c2nnco2)ccc1NC(=O)c1ccccc1. The Kier molecular flexibility index (Phi) is 3.47. The molecule has 1 N–H and O–H groups in total. The Labute approximate surface area is 121 Å². The van der Waals surface area contributed by atoms with Crippen LogP contribution in [0.15, 0.2) is 59.3 Å². The summed E-state index contributed by atoms with van der Waals surface area (Å²) < 4.78 is 5.16. The Morgan fingerprint density at radius 3 is 2.62 bits per heavy atom. The third-order valence-electron chi connectivity index (χ3n) is 3.12. The topological polar surface area (TPSA) is 68.0 Å². The highest BCUT2D eigenvalue weighted by molar-refractivity contribution is 6.04. The number of aryl methyl sites for hydroxylation is 1. The highest BCUT2D eigenvalue weighted by Gasteiger charge is 2.09. The molecule has 3 aromatic rings. The van der Waals surface area contributed by atoms with E-state index in [1.807, 2.05) is 43.3 Å². The maximum absolute atomic E-state index is 12.1. The van der Waals surface area contributed by atoms with Crippen LogP contribution in [0.25, 0.3) is 11.5 Å². The van der Waals surface area contributed by atoms with Crippen LogP contribution in [-0.4, -0.2) is 16.1 Å². The zero-order valence-corrected chi connectivity index (χ0v) is 11.4. The van der Waals surface area contributed by atoms with Gasteiger partial charge >= 0.3 is 0 Å². The lowest BCUT2D eigenvalue weighted by Gasteiger charge is -2.09. The van der Waals surface area contributed by atoms with E-state index in [4.69, 9.17) is 4.42 Å². The van der Waals surface area contributed by atoms with Gasteiger partial charge < -0.3 is 9.73 Å². The Bertz CT molecular complexity index is 752. The Morgan fingerprint density at radius 1 is 1.14 bits per heavy atom. The third-order valence-corrected chi connectivity index (χ3v) is 3.12. The summed E-state index contributed by atoms with van der Waals surface area (Å²) in [6, 6.07) is 14.7. The molecular weight excluding hydrogens is 266 g/mol. The van der Waals surface area contributed by atoms with Crippen LogP contribution < -0.4 is 5.32 Å². The van der Waals surface area contributed by atoms with Crippen LogP contribution in [0.4, 0.5) is 5.69 Å².